The van der Waals surface area contributed by atoms with Crippen molar-refractivity contribution in [3.05, 3.63) is 41.5 Å². The first kappa shape index (κ1) is 11.9. The maximum Gasteiger partial charge on any atom is 0.253 e. The Hall–Kier alpha value is -1.61. The highest BCUT2D eigenvalue weighted by Gasteiger charge is 2.23. The van der Waals surface area contributed by atoms with Crippen LogP contribution in [0.15, 0.2) is 30.4 Å². The normalized spacial score (nSPS) is 14.4. The SMILES string of the molecule is C=C(C)C(=O)N1CCCc2c(CN)cccc21. The summed E-state index contributed by atoms with van der Waals surface area (Å²) in [4.78, 5) is 13.9. The molecule has 0 aromatic heterocycles. The fourth-order valence-electron chi connectivity index (χ4n) is 2.33. The molecule has 0 radical (unpaired) electrons. The van der Waals surface area contributed by atoms with Crippen LogP contribution in [0.1, 0.15) is 24.5 Å². The van der Waals surface area contributed by atoms with E-state index in [2.05, 4.69) is 6.58 Å². The molecular formula is C14H18N2O. The monoisotopic (exact) mass is 230 g/mol. The molecule has 3 heteroatoms. The van der Waals surface area contributed by atoms with E-state index in [1.54, 1.807) is 6.92 Å². The summed E-state index contributed by atoms with van der Waals surface area (Å²) >= 11 is 0. The third-order valence-electron chi connectivity index (χ3n) is 3.18. The van der Waals surface area contributed by atoms with Gasteiger partial charge in [0.15, 0.2) is 0 Å². The van der Waals surface area contributed by atoms with Gasteiger partial charge in [-0.25, -0.2) is 0 Å². The molecule has 1 amide bonds. The molecule has 1 aromatic carbocycles. The van der Waals surface area contributed by atoms with Crippen LogP contribution in [-0.2, 0) is 17.8 Å². The average molecular weight is 230 g/mol. The molecule has 17 heavy (non-hydrogen) atoms. The van der Waals surface area contributed by atoms with Gasteiger partial charge in [0.2, 0.25) is 0 Å². The lowest BCUT2D eigenvalue weighted by molar-refractivity contribution is -0.115. The van der Waals surface area contributed by atoms with E-state index in [9.17, 15) is 4.79 Å². The van der Waals surface area contributed by atoms with Gasteiger partial charge in [-0.15, -0.1) is 0 Å². The number of carbonyl (C=O) groups excluding carboxylic acids is 1. The molecule has 0 bridgehead atoms. The van der Waals surface area contributed by atoms with Gasteiger partial charge in [-0.3, -0.25) is 4.79 Å². The predicted octanol–water partition coefficient (Wildman–Crippen LogP) is 2.00. The van der Waals surface area contributed by atoms with Crippen molar-refractivity contribution < 1.29 is 4.79 Å². The fraction of sp³-hybridized carbons (Fsp3) is 0.357. The summed E-state index contributed by atoms with van der Waals surface area (Å²) < 4.78 is 0. The van der Waals surface area contributed by atoms with Gasteiger partial charge in [-0.1, -0.05) is 18.7 Å². The summed E-state index contributed by atoms with van der Waals surface area (Å²) in [6, 6.07) is 5.99. The maximum absolute atomic E-state index is 12.1. The van der Waals surface area contributed by atoms with E-state index in [1.165, 1.54) is 5.56 Å². The highest BCUT2D eigenvalue weighted by atomic mass is 16.2. The number of amides is 1. The van der Waals surface area contributed by atoms with Gasteiger partial charge in [-0.2, -0.15) is 0 Å². The highest BCUT2D eigenvalue weighted by Crippen LogP contribution is 2.30. The van der Waals surface area contributed by atoms with Crippen LogP contribution in [0, 0.1) is 0 Å². The van der Waals surface area contributed by atoms with Crippen LogP contribution >= 0.6 is 0 Å². The minimum atomic E-state index is 0.0140. The predicted molar refractivity (Wildman–Crippen MR) is 69.8 cm³/mol. The Morgan fingerprint density at radius 1 is 1.53 bits per heavy atom. The van der Waals surface area contributed by atoms with Crippen molar-refractivity contribution in [1.29, 1.82) is 0 Å². The van der Waals surface area contributed by atoms with E-state index in [4.69, 9.17) is 5.73 Å². The molecule has 3 nitrogen and oxygen atoms in total. The molecule has 0 fully saturated rings. The first-order chi connectivity index (χ1) is 8.15. The first-order valence-electron chi connectivity index (χ1n) is 5.93. The van der Waals surface area contributed by atoms with Crippen LogP contribution in [-0.4, -0.2) is 12.5 Å². The number of nitrogens with two attached hydrogens (primary N) is 1. The third kappa shape index (κ3) is 2.11. The van der Waals surface area contributed by atoms with Gasteiger partial charge in [-0.05, 0) is 37.0 Å². The van der Waals surface area contributed by atoms with Crippen LogP contribution in [0.2, 0.25) is 0 Å². The maximum atomic E-state index is 12.1. The average Bonchev–Trinajstić information content (AvgIpc) is 2.36. The van der Waals surface area contributed by atoms with Crippen molar-refractivity contribution in [1.82, 2.24) is 0 Å². The van der Waals surface area contributed by atoms with Crippen LogP contribution in [0.5, 0.6) is 0 Å². The van der Waals surface area contributed by atoms with Crippen molar-refractivity contribution in [3.8, 4) is 0 Å². The topological polar surface area (TPSA) is 46.3 Å². The Morgan fingerprint density at radius 3 is 2.94 bits per heavy atom. The zero-order valence-corrected chi connectivity index (χ0v) is 10.2. The van der Waals surface area contributed by atoms with Gasteiger partial charge in [0.05, 0.1) is 0 Å². The third-order valence-corrected chi connectivity index (χ3v) is 3.18. The molecule has 1 aliphatic heterocycles. The van der Waals surface area contributed by atoms with Crippen LogP contribution < -0.4 is 10.6 Å². The lowest BCUT2D eigenvalue weighted by Crippen LogP contribution is -2.36. The number of nitrogens with zero attached hydrogens (tertiary/aromatic N) is 1. The molecule has 0 saturated heterocycles. The molecule has 2 rings (SSSR count). The summed E-state index contributed by atoms with van der Waals surface area (Å²) in [7, 11) is 0. The minimum Gasteiger partial charge on any atom is -0.326 e. The van der Waals surface area contributed by atoms with E-state index in [0.717, 1.165) is 30.6 Å². The van der Waals surface area contributed by atoms with Crippen molar-refractivity contribution in [2.75, 3.05) is 11.4 Å². The second-order valence-electron chi connectivity index (χ2n) is 4.46. The van der Waals surface area contributed by atoms with Crippen LogP contribution in [0.4, 0.5) is 5.69 Å². The number of benzene rings is 1. The molecule has 1 aromatic rings. The van der Waals surface area contributed by atoms with Gasteiger partial charge in [0.25, 0.3) is 5.91 Å². The summed E-state index contributed by atoms with van der Waals surface area (Å²) in [6.45, 7) is 6.78. The number of rotatable bonds is 2. The fourth-order valence-corrected chi connectivity index (χ4v) is 2.33. The Labute approximate surface area is 102 Å². The van der Waals surface area contributed by atoms with E-state index < -0.39 is 0 Å². The number of carbonyl (C=O) groups is 1. The molecule has 1 aliphatic rings. The zero-order valence-electron chi connectivity index (χ0n) is 10.2. The van der Waals surface area contributed by atoms with Crippen LogP contribution in [0.3, 0.4) is 0 Å². The molecule has 0 spiro atoms. The van der Waals surface area contributed by atoms with Gasteiger partial charge in [0.1, 0.15) is 0 Å². The summed E-state index contributed by atoms with van der Waals surface area (Å²) in [5.41, 5.74) is 9.68. The largest absolute Gasteiger partial charge is 0.326 e. The second-order valence-corrected chi connectivity index (χ2v) is 4.46. The van der Waals surface area contributed by atoms with Crippen molar-refractivity contribution >= 4 is 11.6 Å². The molecule has 0 atom stereocenters. The second kappa shape index (κ2) is 4.72. The lowest BCUT2D eigenvalue weighted by atomic mass is 9.96. The Bertz CT molecular complexity index is 465. The smallest absolute Gasteiger partial charge is 0.253 e. The highest BCUT2D eigenvalue weighted by molar-refractivity contribution is 6.05. The van der Waals surface area contributed by atoms with Crippen molar-refractivity contribution in [3.63, 3.8) is 0 Å². The molecule has 90 valence electrons. The van der Waals surface area contributed by atoms with E-state index in [0.29, 0.717) is 12.1 Å². The van der Waals surface area contributed by atoms with E-state index in [-0.39, 0.29) is 5.91 Å². The van der Waals surface area contributed by atoms with E-state index >= 15 is 0 Å². The minimum absolute atomic E-state index is 0.0140. The number of fused-ring (bicyclic) bond motifs is 1. The van der Waals surface area contributed by atoms with Crippen LogP contribution in [0.25, 0.3) is 0 Å². The van der Waals surface area contributed by atoms with Gasteiger partial charge in [0, 0.05) is 24.4 Å². The summed E-state index contributed by atoms with van der Waals surface area (Å²) in [5.74, 6) is 0.0140. The quantitative estimate of drug-likeness (QED) is 0.790. The molecule has 0 unspecified atom stereocenters. The van der Waals surface area contributed by atoms with Crippen molar-refractivity contribution in [2.45, 2.75) is 26.3 Å². The van der Waals surface area contributed by atoms with E-state index in [1.807, 2.05) is 23.1 Å². The van der Waals surface area contributed by atoms with Gasteiger partial charge >= 0.3 is 0 Å². The Morgan fingerprint density at radius 2 is 2.29 bits per heavy atom. The Kier molecular flexibility index (Phi) is 3.29. The molecule has 1 heterocycles. The number of hydrogen-bond acceptors (Lipinski definition) is 2. The van der Waals surface area contributed by atoms with Crippen molar-refractivity contribution in [2.24, 2.45) is 5.73 Å². The summed E-state index contributed by atoms with van der Waals surface area (Å²) in [5, 5.41) is 0. The Balaban J connectivity index is 2.45. The summed E-state index contributed by atoms with van der Waals surface area (Å²) in [6.07, 6.45) is 1.99. The molecule has 0 aliphatic carbocycles. The number of hydrogen-bond donors (Lipinski definition) is 1. The zero-order chi connectivity index (χ0) is 12.4. The first-order valence-corrected chi connectivity index (χ1v) is 5.93. The standard InChI is InChI=1S/C14H18N2O/c1-10(2)14(17)16-8-4-6-12-11(9-15)5-3-7-13(12)16/h3,5,7H,1,4,6,8-9,15H2,2H3. The number of anilines is 1. The van der Waals surface area contributed by atoms with Gasteiger partial charge < -0.3 is 10.6 Å². The molecular weight excluding hydrogens is 212 g/mol. The molecule has 2 N–H and O–H groups in total. The molecule has 0 saturated carbocycles. The lowest BCUT2D eigenvalue weighted by Gasteiger charge is -2.31.